The Balaban J connectivity index is 1.51. The van der Waals surface area contributed by atoms with Crippen LogP contribution >= 0.6 is 0 Å². The van der Waals surface area contributed by atoms with Crippen LogP contribution in [0, 0.1) is 0 Å². The highest BCUT2D eigenvalue weighted by Crippen LogP contribution is 2.40. The highest BCUT2D eigenvalue weighted by atomic mass is 16.6. The molecule has 2 aromatic rings. The maximum absolute atomic E-state index is 11.6. The lowest BCUT2D eigenvalue weighted by Crippen LogP contribution is -2.03. The Kier molecular flexibility index (Phi) is 7.47. The number of Topliss-reactive ketones (excluding diaryl/α,β-unsaturated/α-hetero) is 1. The Labute approximate surface area is 182 Å². The van der Waals surface area contributed by atoms with Crippen molar-refractivity contribution in [3.63, 3.8) is 0 Å². The lowest BCUT2D eigenvalue weighted by molar-refractivity contribution is -0.136. The van der Waals surface area contributed by atoms with Crippen molar-refractivity contribution in [1.29, 1.82) is 0 Å². The van der Waals surface area contributed by atoms with Gasteiger partial charge in [0.05, 0.1) is 18.6 Å². The Bertz CT molecular complexity index is 978. The van der Waals surface area contributed by atoms with Gasteiger partial charge in [0.15, 0.2) is 5.78 Å². The number of aromatic hydroxyl groups is 1. The average Bonchev–Trinajstić information content (AvgIpc) is 3.49. The quantitative estimate of drug-likeness (QED) is 0.236. The molecule has 2 atom stereocenters. The third kappa shape index (κ3) is 5.95. The van der Waals surface area contributed by atoms with Crippen LogP contribution in [0.15, 0.2) is 48.6 Å². The van der Waals surface area contributed by atoms with Crippen LogP contribution in [-0.4, -0.2) is 34.7 Å². The zero-order valence-corrected chi connectivity index (χ0v) is 17.8. The number of carbonyl (C=O) groups excluding carboxylic acids is 1. The van der Waals surface area contributed by atoms with E-state index in [0.29, 0.717) is 36.3 Å². The van der Waals surface area contributed by atoms with Gasteiger partial charge in [-0.3, -0.25) is 9.59 Å². The second kappa shape index (κ2) is 10.3. The number of carboxylic acids is 1. The molecule has 2 N–H and O–H groups in total. The summed E-state index contributed by atoms with van der Waals surface area (Å²) in [6, 6.07) is 10.8. The predicted octanol–water partition coefficient (Wildman–Crippen LogP) is 4.64. The average molecular weight is 424 g/mol. The molecule has 164 valence electrons. The van der Waals surface area contributed by atoms with Gasteiger partial charge in [-0.25, -0.2) is 0 Å². The fraction of sp³-hybridized carbons (Fsp3) is 0.360. The molecule has 1 aliphatic heterocycles. The molecular formula is C25H28O6. The van der Waals surface area contributed by atoms with Crippen LogP contribution in [0.4, 0.5) is 0 Å². The number of carbonyl (C=O) groups is 2. The van der Waals surface area contributed by atoms with E-state index in [2.05, 4.69) is 0 Å². The SMILES string of the molecule is CCCc1c(OCC/C=C\[C@@H]2O[C@H]2c2cccc(CC(=O)O)c2)ccc(C(C)=O)c1O. The molecule has 0 spiro atoms. The molecule has 1 heterocycles. The zero-order valence-electron chi connectivity index (χ0n) is 17.8. The van der Waals surface area contributed by atoms with Gasteiger partial charge in [-0.05, 0) is 43.0 Å². The summed E-state index contributed by atoms with van der Waals surface area (Å²) in [4.78, 5) is 22.5. The first-order chi connectivity index (χ1) is 14.9. The monoisotopic (exact) mass is 424 g/mol. The molecule has 3 rings (SSSR count). The summed E-state index contributed by atoms with van der Waals surface area (Å²) < 4.78 is 11.5. The van der Waals surface area contributed by atoms with E-state index >= 15 is 0 Å². The molecule has 0 aliphatic carbocycles. The first-order valence-corrected chi connectivity index (χ1v) is 10.5. The molecule has 6 nitrogen and oxygen atoms in total. The van der Waals surface area contributed by atoms with Crippen LogP contribution in [0.2, 0.25) is 0 Å². The number of ether oxygens (including phenoxy) is 2. The van der Waals surface area contributed by atoms with E-state index in [-0.39, 0.29) is 30.2 Å². The van der Waals surface area contributed by atoms with Gasteiger partial charge in [-0.1, -0.05) is 49.8 Å². The van der Waals surface area contributed by atoms with Gasteiger partial charge in [0.1, 0.15) is 23.7 Å². The largest absolute Gasteiger partial charge is 0.507 e. The standard InChI is InChI=1S/C25H28O6/c1-3-7-20-21(12-11-19(16(2)26)24(20)29)30-13-5-4-10-22-25(31-22)18-9-6-8-17(14-18)15-23(27)28/h4,6,8-12,14,22,25,29H,3,5,7,13,15H2,1-2H3,(H,27,28)/b10-4-/t22-,25-/m0/s1. The molecule has 1 saturated heterocycles. The number of aliphatic carboxylic acids is 1. The third-order valence-corrected chi connectivity index (χ3v) is 5.15. The lowest BCUT2D eigenvalue weighted by Gasteiger charge is -2.14. The summed E-state index contributed by atoms with van der Waals surface area (Å²) in [6.45, 7) is 3.89. The molecule has 0 radical (unpaired) electrons. The van der Waals surface area contributed by atoms with Gasteiger partial charge in [-0.2, -0.15) is 0 Å². The summed E-state index contributed by atoms with van der Waals surface area (Å²) in [5.41, 5.74) is 2.74. The number of rotatable bonds is 11. The van der Waals surface area contributed by atoms with Crippen LogP contribution < -0.4 is 4.74 Å². The van der Waals surface area contributed by atoms with E-state index in [0.717, 1.165) is 17.5 Å². The highest BCUT2D eigenvalue weighted by molar-refractivity contribution is 5.97. The summed E-state index contributed by atoms with van der Waals surface area (Å²) in [5, 5.41) is 19.3. The summed E-state index contributed by atoms with van der Waals surface area (Å²) >= 11 is 0. The van der Waals surface area contributed by atoms with Crippen LogP contribution in [0.1, 0.15) is 59.8 Å². The number of phenolic OH excluding ortho intramolecular Hbond substituents is 1. The second-order valence-corrected chi connectivity index (χ2v) is 7.65. The zero-order chi connectivity index (χ0) is 22.4. The molecule has 0 bridgehead atoms. The number of benzene rings is 2. The van der Waals surface area contributed by atoms with Gasteiger partial charge in [0.2, 0.25) is 0 Å². The third-order valence-electron chi connectivity index (χ3n) is 5.15. The minimum absolute atomic E-state index is 0.00136. The number of hydrogen-bond acceptors (Lipinski definition) is 5. The molecule has 31 heavy (non-hydrogen) atoms. The molecule has 1 fully saturated rings. The number of phenols is 1. The second-order valence-electron chi connectivity index (χ2n) is 7.65. The molecule has 0 amide bonds. The minimum Gasteiger partial charge on any atom is -0.507 e. The summed E-state index contributed by atoms with van der Waals surface area (Å²) in [5.74, 6) is -0.399. The van der Waals surface area contributed by atoms with Crippen LogP contribution in [-0.2, 0) is 22.4 Å². The number of hydrogen-bond donors (Lipinski definition) is 2. The van der Waals surface area contributed by atoms with E-state index in [1.165, 1.54) is 6.92 Å². The van der Waals surface area contributed by atoms with Crippen molar-refractivity contribution >= 4 is 11.8 Å². The van der Waals surface area contributed by atoms with E-state index in [1.54, 1.807) is 18.2 Å². The topological polar surface area (TPSA) is 96.4 Å². The summed E-state index contributed by atoms with van der Waals surface area (Å²) in [7, 11) is 0. The van der Waals surface area contributed by atoms with Crippen molar-refractivity contribution in [2.24, 2.45) is 0 Å². The van der Waals surface area contributed by atoms with E-state index in [4.69, 9.17) is 14.6 Å². The minimum atomic E-state index is -0.850. The van der Waals surface area contributed by atoms with Crippen molar-refractivity contribution in [1.82, 2.24) is 0 Å². The van der Waals surface area contributed by atoms with Gasteiger partial charge < -0.3 is 19.7 Å². The van der Waals surface area contributed by atoms with Gasteiger partial charge >= 0.3 is 5.97 Å². The van der Waals surface area contributed by atoms with Crippen LogP contribution in [0.3, 0.4) is 0 Å². The van der Waals surface area contributed by atoms with Crippen molar-refractivity contribution in [3.05, 3.63) is 70.8 Å². The lowest BCUT2D eigenvalue weighted by atomic mass is 10.0. The molecule has 2 aromatic carbocycles. The normalized spacial score (nSPS) is 17.6. The predicted molar refractivity (Wildman–Crippen MR) is 117 cm³/mol. The Morgan fingerprint density at radius 2 is 2.03 bits per heavy atom. The van der Waals surface area contributed by atoms with Crippen LogP contribution in [0.5, 0.6) is 11.5 Å². The molecule has 1 aliphatic rings. The summed E-state index contributed by atoms with van der Waals surface area (Å²) in [6.07, 6.45) is 6.06. The number of ketones is 1. The first-order valence-electron chi connectivity index (χ1n) is 10.5. The van der Waals surface area contributed by atoms with Gasteiger partial charge in [0.25, 0.3) is 0 Å². The smallest absolute Gasteiger partial charge is 0.307 e. The molecule has 6 heteroatoms. The first kappa shape index (κ1) is 22.6. The molecular weight excluding hydrogens is 396 g/mol. The maximum atomic E-state index is 11.6. The molecule has 0 aromatic heterocycles. The number of epoxide rings is 1. The van der Waals surface area contributed by atoms with E-state index < -0.39 is 5.97 Å². The van der Waals surface area contributed by atoms with Crippen molar-refractivity contribution < 1.29 is 29.3 Å². The fourth-order valence-corrected chi connectivity index (χ4v) is 3.59. The Morgan fingerprint density at radius 3 is 2.74 bits per heavy atom. The number of carboxylic acid groups (broad SMARTS) is 1. The van der Waals surface area contributed by atoms with Gasteiger partial charge in [0, 0.05) is 5.56 Å². The molecule has 0 unspecified atom stereocenters. The van der Waals surface area contributed by atoms with Crippen molar-refractivity contribution in [2.45, 2.75) is 51.7 Å². The Morgan fingerprint density at radius 1 is 1.23 bits per heavy atom. The highest BCUT2D eigenvalue weighted by Gasteiger charge is 2.37. The Hall–Kier alpha value is -3.12. The maximum Gasteiger partial charge on any atom is 0.307 e. The fourth-order valence-electron chi connectivity index (χ4n) is 3.59. The van der Waals surface area contributed by atoms with E-state index in [1.807, 2.05) is 37.3 Å². The van der Waals surface area contributed by atoms with Crippen LogP contribution in [0.25, 0.3) is 0 Å². The van der Waals surface area contributed by atoms with Gasteiger partial charge in [-0.15, -0.1) is 0 Å². The van der Waals surface area contributed by atoms with Crippen molar-refractivity contribution in [3.8, 4) is 11.5 Å². The molecule has 0 saturated carbocycles. The van der Waals surface area contributed by atoms with Crippen molar-refractivity contribution in [2.75, 3.05) is 6.61 Å². The van der Waals surface area contributed by atoms with E-state index in [9.17, 15) is 14.7 Å².